The average molecular weight is 950 g/mol. The van der Waals surface area contributed by atoms with Crippen molar-refractivity contribution in [2.24, 2.45) is 11.8 Å². The Bertz CT molecular complexity index is 1310. The molecule has 0 saturated heterocycles. The zero-order valence-corrected chi connectivity index (χ0v) is 38.1. The van der Waals surface area contributed by atoms with Crippen molar-refractivity contribution in [1.29, 1.82) is 0 Å². The van der Waals surface area contributed by atoms with Crippen LogP contribution in [-0.2, 0) is 57.3 Å². The van der Waals surface area contributed by atoms with Crippen LogP contribution in [0.15, 0.2) is 0 Å². The number of hydrogen-bond acceptors (Lipinski definition) is 12. The van der Waals surface area contributed by atoms with Gasteiger partial charge in [0, 0.05) is 57.7 Å². The zero-order chi connectivity index (χ0) is 45.6. The molecule has 0 spiro atoms. The molecule has 0 aliphatic heterocycles. The first-order valence-corrected chi connectivity index (χ1v) is 23.5. The Morgan fingerprint density at radius 3 is 1.66 bits per heavy atom. The summed E-state index contributed by atoms with van der Waals surface area (Å²) < 4.78 is 21.3. The minimum absolute atomic E-state index is 0.0259. The highest BCUT2D eigenvalue weighted by molar-refractivity contribution is 9.09. The number of nitrogens with one attached hydrogen (secondary N) is 4. The average Bonchev–Trinajstić information content (AvgIpc) is 3.25. The molecule has 1 atom stereocenters. The van der Waals surface area contributed by atoms with Crippen molar-refractivity contribution in [2.45, 2.75) is 134 Å². The molecule has 19 heteroatoms. The van der Waals surface area contributed by atoms with Crippen LogP contribution in [0.25, 0.3) is 0 Å². The van der Waals surface area contributed by atoms with Crippen molar-refractivity contribution >= 4 is 63.1 Å². The van der Waals surface area contributed by atoms with Crippen molar-refractivity contribution in [3.05, 3.63) is 0 Å². The summed E-state index contributed by atoms with van der Waals surface area (Å²) in [6.45, 7) is 2.00. The molecule has 6 N–H and O–H groups in total. The molecule has 0 aromatic rings. The Morgan fingerprint density at radius 2 is 1.06 bits per heavy atom. The highest BCUT2D eigenvalue weighted by Gasteiger charge is 2.29. The van der Waals surface area contributed by atoms with E-state index in [0.29, 0.717) is 51.0 Å². The van der Waals surface area contributed by atoms with Crippen molar-refractivity contribution in [3.63, 3.8) is 0 Å². The van der Waals surface area contributed by atoms with E-state index in [0.717, 1.165) is 70.6 Å². The third kappa shape index (κ3) is 33.1. The second-order valence-corrected chi connectivity index (χ2v) is 16.2. The topological polar surface area (TPSA) is 262 Å². The van der Waals surface area contributed by atoms with Gasteiger partial charge in [-0.25, -0.2) is 4.79 Å². The van der Waals surface area contributed by atoms with Crippen molar-refractivity contribution in [1.82, 2.24) is 21.3 Å². The van der Waals surface area contributed by atoms with E-state index < -0.39 is 18.0 Å². The predicted octanol–water partition coefficient (Wildman–Crippen LogP) is 3.64. The van der Waals surface area contributed by atoms with Crippen LogP contribution in [0, 0.1) is 11.8 Å². The summed E-state index contributed by atoms with van der Waals surface area (Å²) in [6, 6.07) is -1.18. The van der Waals surface area contributed by atoms with Gasteiger partial charge in [0.2, 0.25) is 23.6 Å². The van der Waals surface area contributed by atoms with Crippen LogP contribution in [0.5, 0.6) is 0 Å². The molecule has 1 aliphatic carbocycles. The van der Waals surface area contributed by atoms with E-state index in [2.05, 4.69) is 37.2 Å². The highest BCUT2D eigenvalue weighted by atomic mass is 79.9. The molecule has 1 rings (SSSR count). The first-order valence-electron chi connectivity index (χ1n) is 22.4. The summed E-state index contributed by atoms with van der Waals surface area (Å²) in [4.78, 5) is 94.8. The molecule has 0 aromatic carbocycles. The maximum atomic E-state index is 12.9. The SMILES string of the molecule is O=C(O)CCCCCCCCCCC(=O)CCC1CCC(C(=O)N[C@@H](CCC(=O)NCCOCCOCC(=O)NCCOCCOCC(=O)CCCNC(=O)CBr)C(=O)O)CC1. The van der Waals surface area contributed by atoms with E-state index in [1.54, 1.807) is 0 Å². The molecule has 0 heterocycles. The Hall–Kier alpha value is -3.52. The number of carbonyl (C=O) groups is 8. The van der Waals surface area contributed by atoms with Crippen LogP contribution in [0.4, 0.5) is 0 Å². The molecule has 0 bridgehead atoms. The number of halogens is 1. The van der Waals surface area contributed by atoms with Crippen LogP contribution in [0.2, 0.25) is 0 Å². The lowest BCUT2D eigenvalue weighted by Crippen LogP contribution is -2.45. The van der Waals surface area contributed by atoms with E-state index in [-0.39, 0.29) is 132 Å². The molecule has 0 unspecified atom stereocenters. The summed E-state index contributed by atoms with van der Waals surface area (Å²) in [5.74, 6) is -2.79. The van der Waals surface area contributed by atoms with Crippen molar-refractivity contribution in [2.75, 3.05) is 77.8 Å². The van der Waals surface area contributed by atoms with E-state index in [1.807, 2.05) is 0 Å². The number of carbonyl (C=O) groups excluding carboxylic acids is 6. The predicted molar refractivity (Wildman–Crippen MR) is 233 cm³/mol. The molecule has 356 valence electrons. The van der Waals surface area contributed by atoms with Gasteiger partial charge in [0.25, 0.3) is 0 Å². The van der Waals surface area contributed by atoms with E-state index >= 15 is 0 Å². The van der Waals surface area contributed by atoms with Gasteiger partial charge in [0.05, 0.1) is 45.0 Å². The Kier molecular flexibility index (Phi) is 34.6. The largest absolute Gasteiger partial charge is 0.481 e. The van der Waals surface area contributed by atoms with Gasteiger partial charge in [0.1, 0.15) is 25.0 Å². The lowest BCUT2D eigenvalue weighted by atomic mass is 9.79. The number of alkyl halides is 1. The van der Waals surface area contributed by atoms with Gasteiger partial charge in [-0.15, -0.1) is 0 Å². The zero-order valence-electron chi connectivity index (χ0n) is 36.5. The Morgan fingerprint density at radius 1 is 0.532 bits per heavy atom. The van der Waals surface area contributed by atoms with Gasteiger partial charge >= 0.3 is 11.9 Å². The Balaban J connectivity index is 2.02. The fraction of sp³-hybridized carbons (Fsp3) is 0.814. The van der Waals surface area contributed by atoms with Crippen LogP contribution >= 0.6 is 15.9 Å². The number of Topliss-reactive ketones (excluding diaryl/α,β-unsaturated/α-hetero) is 2. The molecular formula is C43H73BrN4O14. The lowest BCUT2D eigenvalue weighted by molar-refractivity contribution is -0.143. The number of hydrogen-bond donors (Lipinski definition) is 6. The minimum Gasteiger partial charge on any atom is -0.481 e. The third-order valence-corrected chi connectivity index (χ3v) is 10.9. The van der Waals surface area contributed by atoms with E-state index in [4.69, 9.17) is 24.1 Å². The number of carboxylic acid groups (broad SMARTS) is 2. The number of ether oxygens (including phenoxy) is 4. The fourth-order valence-corrected chi connectivity index (χ4v) is 6.97. The number of aliphatic carboxylic acids is 2. The van der Waals surface area contributed by atoms with Gasteiger partial charge in [0.15, 0.2) is 5.78 Å². The number of ketones is 2. The molecular weight excluding hydrogens is 876 g/mol. The minimum atomic E-state index is -1.20. The fourth-order valence-electron chi connectivity index (χ4n) is 6.77. The first-order chi connectivity index (χ1) is 29.9. The molecule has 0 aromatic heterocycles. The molecule has 18 nitrogen and oxygen atoms in total. The maximum absolute atomic E-state index is 12.9. The molecule has 1 fully saturated rings. The van der Waals surface area contributed by atoms with Gasteiger partial charge in [-0.1, -0.05) is 54.5 Å². The standard InChI is InChI=1S/C43H73BrN4O14/c44-30-39(52)45-21-9-11-36(50)31-61-28-26-60-25-23-47-40(53)32-62-29-27-59-24-22-46-38(51)20-19-37(43(57)58)48-42(56)34-16-13-33(14-17-34)15-18-35(49)10-7-5-3-1-2-4-6-8-12-41(54)55/h33-34,37H,1-32H2,(H,45,52)(H,46,51)(H,47,53)(H,48,56)(H,54,55)(H,57,58)/t33?,34?,37-/m0/s1. The first kappa shape index (κ1) is 56.5. The summed E-state index contributed by atoms with van der Waals surface area (Å²) >= 11 is 3.05. The van der Waals surface area contributed by atoms with Gasteiger partial charge in [-0.05, 0) is 63.7 Å². The number of rotatable bonds is 41. The van der Waals surface area contributed by atoms with Crippen molar-refractivity contribution in [3.8, 4) is 0 Å². The summed E-state index contributed by atoms with van der Waals surface area (Å²) in [6.07, 6.45) is 13.7. The van der Waals surface area contributed by atoms with Crippen molar-refractivity contribution < 1.29 is 67.5 Å². The van der Waals surface area contributed by atoms with Crippen LogP contribution in [-0.4, -0.2) is 141 Å². The molecule has 0 radical (unpaired) electrons. The second kappa shape index (κ2) is 38.0. The normalized spacial score (nSPS) is 15.3. The second-order valence-electron chi connectivity index (χ2n) is 15.6. The number of unbranched alkanes of at least 4 members (excludes halogenated alkanes) is 7. The summed E-state index contributed by atoms with van der Waals surface area (Å²) in [7, 11) is 0. The van der Waals surface area contributed by atoms with E-state index in [1.165, 1.54) is 0 Å². The van der Waals surface area contributed by atoms with Crippen LogP contribution < -0.4 is 21.3 Å². The summed E-state index contributed by atoms with van der Waals surface area (Å²) in [5, 5.41) is 29.2. The van der Waals surface area contributed by atoms with Crippen LogP contribution in [0.1, 0.15) is 128 Å². The monoisotopic (exact) mass is 948 g/mol. The summed E-state index contributed by atoms with van der Waals surface area (Å²) in [5.41, 5.74) is 0. The number of carboxylic acids is 2. The Labute approximate surface area is 374 Å². The molecule has 1 aliphatic rings. The smallest absolute Gasteiger partial charge is 0.326 e. The molecule has 4 amide bonds. The highest BCUT2D eigenvalue weighted by Crippen LogP contribution is 2.32. The molecule has 1 saturated carbocycles. The number of amides is 4. The van der Waals surface area contributed by atoms with Gasteiger partial charge in [-0.3, -0.25) is 33.6 Å². The quantitative estimate of drug-likeness (QED) is 0.0378. The van der Waals surface area contributed by atoms with Crippen LogP contribution in [0.3, 0.4) is 0 Å². The van der Waals surface area contributed by atoms with Gasteiger partial charge in [-0.2, -0.15) is 0 Å². The molecule has 62 heavy (non-hydrogen) atoms. The van der Waals surface area contributed by atoms with Gasteiger partial charge < -0.3 is 50.4 Å². The maximum Gasteiger partial charge on any atom is 0.326 e. The third-order valence-electron chi connectivity index (χ3n) is 10.4. The lowest BCUT2D eigenvalue weighted by Gasteiger charge is -2.28. The van der Waals surface area contributed by atoms with E-state index in [9.17, 15) is 43.5 Å².